The molecule has 9 nitrogen and oxygen atoms in total. The number of hydrogen-bond donors (Lipinski definition) is 1. The second kappa shape index (κ2) is 12.1. The van der Waals surface area contributed by atoms with Crippen LogP contribution in [0.4, 0.5) is 15.8 Å². The molecule has 1 fully saturated rings. The summed E-state index contributed by atoms with van der Waals surface area (Å²) in [7, 11) is 0. The highest BCUT2D eigenvalue weighted by Gasteiger charge is 2.56. The molecule has 0 saturated carbocycles. The Kier molecular flexibility index (Phi) is 8.27. The maximum absolute atomic E-state index is 13.9. The minimum absolute atomic E-state index is 0.237. The van der Waals surface area contributed by atoms with Crippen LogP contribution in [0.1, 0.15) is 33.6 Å². The van der Waals surface area contributed by atoms with E-state index in [0.717, 1.165) is 32.5 Å². The molecule has 0 unspecified atom stereocenters. The van der Waals surface area contributed by atoms with Crippen LogP contribution in [0.2, 0.25) is 0 Å². The van der Waals surface area contributed by atoms with Gasteiger partial charge in [-0.1, -0.05) is 51.2 Å². The Morgan fingerprint density at radius 1 is 0.955 bits per heavy atom. The Morgan fingerprint density at radius 2 is 1.64 bits per heavy atom. The number of thiazole rings is 1. The quantitative estimate of drug-likeness (QED) is 0.203. The molecule has 13 heteroatoms. The van der Waals surface area contributed by atoms with Crippen molar-refractivity contribution in [3.05, 3.63) is 109 Å². The number of carbonyl (C=O) groups excluding carboxylic acids is 4. The maximum atomic E-state index is 13.9. The Hall–Kier alpha value is -4.07. The van der Waals surface area contributed by atoms with Gasteiger partial charge in [0, 0.05) is 21.0 Å². The summed E-state index contributed by atoms with van der Waals surface area (Å²) in [5.41, 5.74) is 1.75. The van der Waals surface area contributed by atoms with Crippen LogP contribution in [0.3, 0.4) is 0 Å². The molecule has 0 aliphatic carbocycles. The van der Waals surface area contributed by atoms with Gasteiger partial charge in [0.25, 0.3) is 0 Å². The third kappa shape index (κ3) is 5.51. The lowest BCUT2D eigenvalue weighted by molar-refractivity contribution is -0.122. The number of carbonyl (C=O) groups is 4. The van der Waals surface area contributed by atoms with Crippen molar-refractivity contribution in [2.45, 2.75) is 29.7 Å². The fraction of sp³-hybridized carbons (Fsp3) is 0.194. The molecule has 0 spiro atoms. The number of rotatable bonds is 7. The van der Waals surface area contributed by atoms with Crippen LogP contribution >= 0.6 is 39.0 Å². The highest BCUT2D eigenvalue weighted by molar-refractivity contribution is 9.10. The van der Waals surface area contributed by atoms with E-state index in [1.54, 1.807) is 55.5 Å². The van der Waals surface area contributed by atoms with Crippen LogP contribution in [0.15, 0.2) is 87.1 Å². The molecule has 3 amide bonds. The molecule has 0 bridgehead atoms. The van der Waals surface area contributed by atoms with Crippen molar-refractivity contribution in [2.75, 3.05) is 16.8 Å². The van der Waals surface area contributed by atoms with Crippen molar-refractivity contribution in [3.8, 4) is 0 Å². The number of fused-ring (bicyclic) bond motifs is 2. The molecule has 2 aliphatic heterocycles. The third-order valence-corrected chi connectivity index (χ3v) is 10.5. The minimum atomic E-state index is -0.868. The van der Waals surface area contributed by atoms with Crippen molar-refractivity contribution >= 4 is 74.1 Å². The number of thioether (sulfide) groups is 1. The number of hydrogen-bond acceptors (Lipinski definition) is 8. The molecule has 0 radical (unpaired) electrons. The summed E-state index contributed by atoms with van der Waals surface area (Å²) in [6, 6.07) is 18.6. The molecular formula is C31H23BrFN3O6S2. The Labute approximate surface area is 267 Å². The monoisotopic (exact) mass is 695 g/mol. The SMILES string of the molecule is CCOC(=O)c1ccc(NC(=O)Cn2c3c(sc2=O)[C@@H](c2ccc(F)cc2)[C@H]2C(=O)N(c4ccc(Br)cc4)C(=O)[C@H]2S3)cc1. The molecule has 3 atom stereocenters. The van der Waals surface area contributed by atoms with Gasteiger partial charge in [-0.3, -0.25) is 23.7 Å². The van der Waals surface area contributed by atoms with Crippen LogP contribution < -0.4 is 15.1 Å². The molecule has 1 saturated heterocycles. The first-order chi connectivity index (χ1) is 21.2. The fourth-order valence-electron chi connectivity index (χ4n) is 5.38. The molecule has 3 heterocycles. The summed E-state index contributed by atoms with van der Waals surface area (Å²) in [6.07, 6.45) is 0. The summed E-state index contributed by atoms with van der Waals surface area (Å²) >= 11 is 5.37. The van der Waals surface area contributed by atoms with Gasteiger partial charge < -0.3 is 10.1 Å². The van der Waals surface area contributed by atoms with E-state index in [2.05, 4.69) is 21.2 Å². The lowest BCUT2D eigenvalue weighted by atomic mass is 9.83. The zero-order valence-corrected chi connectivity index (χ0v) is 26.2. The van der Waals surface area contributed by atoms with Crippen molar-refractivity contribution in [3.63, 3.8) is 0 Å². The topological polar surface area (TPSA) is 115 Å². The van der Waals surface area contributed by atoms with Crippen LogP contribution in [0.5, 0.6) is 0 Å². The average molecular weight is 697 g/mol. The lowest BCUT2D eigenvalue weighted by Gasteiger charge is -2.30. The first-order valence-corrected chi connectivity index (χ1v) is 16.0. The Bertz CT molecular complexity index is 1840. The summed E-state index contributed by atoms with van der Waals surface area (Å²) < 4.78 is 21.0. The summed E-state index contributed by atoms with van der Waals surface area (Å²) in [5.74, 6) is -3.82. The predicted octanol–water partition coefficient (Wildman–Crippen LogP) is 5.42. The van der Waals surface area contributed by atoms with Gasteiger partial charge in [0.05, 0.1) is 28.8 Å². The van der Waals surface area contributed by atoms with E-state index in [9.17, 15) is 28.4 Å². The number of aromatic nitrogens is 1. The summed E-state index contributed by atoms with van der Waals surface area (Å²) in [4.78, 5) is 67.3. The van der Waals surface area contributed by atoms with E-state index < -0.39 is 51.5 Å². The van der Waals surface area contributed by atoms with Crippen LogP contribution in [-0.2, 0) is 25.7 Å². The largest absolute Gasteiger partial charge is 0.462 e. The molecule has 6 rings (SSSR count). The van der Waals surface area contributed by atoms with E-state index in [1.807, 2.05) is 0 Å². The Balaban J connectivity index is 1.33. The van der Waals surface area contributed by atoms with E-state index >= 15 is 0 Å². The van der Waals surface area contributed by atoms with E-state index in [1.165, 1.54) is 28.8 Å². The van der Waals surface area contributed by atoms with Crippen molar-refractivity contribution in [2.24, 2.45) is 5.92 Å². The smallest absolute Gasteiger partial charge is 0.338 e. The third-order valence-electron chi connectivity index (χ3n) is 7.34. The molecule has 224 valence electrons. The first-order valence-electron chi connectivity index (χ1n) is 13.5. The zero-order chi connectivity index (χ0) is 31.1. The van der Waals surface area contributed by atoms with E-state index in [4.69, 9.17) is 4.74 Å². The number of ether oxygens (including phenoxy) is 1. The molecule has 1 aromatic heterocycles. The molecular weight excluding hydrogens is 673 g/mol. The number of anilines is 2. The minimum Gasteiger partial charge on any atom is -0.462 e. The number of halogens is 2. The number of esters is 1. The summed E-state index contributed by atoms with van der Waals surface area (Å²) in [5, 5.41) is 2.28. The van der Waals surface area contributed by atoms with Gasteiger partial charge >= 0.3 is 10.8 Å². The van der Waals surface area contributed by atoms with Gasteiger partial charge in [-0.2, -0.15) is 0 Å². The van der Waals surface area contributed by atoms with Gasteiger partial charge in [-0.25, -0.2) is 14.1 Å². The van der Waals surface area contributed by atoms with Crippen LogP contribution in [0, 0.1) is 11.7 Å². The van der Waals surface area contributed by atoms with E-state index in [0.29, 0.717) is 32.4 Å². The highest BCUT2D eigenvalue weighted by Crippen LogP contribution is 2.53. The zero-order valence-electron chi connectivity index (χ0n) is 23.0. The van der Waals surface area contributed by atoms with Crippen LogP contribution in [-0.4, -0.2) is 40.1 Å². The average Bonchev–Trinajstić information content (AvgIpc) is 3.45. The number of nitrogens with one attached hydrogen (secondary N) is 1. The number of imide groups is 1. The maximum Gasteiger partial charge on any atom is 0.338 e. The van der Waals surface area contributed by atoms with Gasteiger partial charge in [0.1, 0.15) is 17.6 Å². The van der Waals surface area contributed by atoms with Gasteiger partial charge in [-0.15, -0.1) is 0 Å². The van der Waals surface area contributed by atoms with E-state index in [-0.39, 0.29) is 13.2 Å². The van der Waals surface area contributed by atoms with Gasteiger partial charge in [0.15, 0.2) is 0 Å². The normalized spacial score (nSPS) is 19.0. The van der Waals surface area contributed by atoms with Gasteiger partial charge in [-0.05, 0) is 73.2 Å². The standard InChI is InChI=1S/C31H23BrFN3O6S2/c1-2-42-30(40)17-5-11-20(12-6-17)34-22(37)15-35-29-26(44-31(35)41)23(16-3-9-19(33)10-4-16)24-25(43-29)28(39)36(27(24)38)21-13-7-18(32)8-14-21/h3-14,23-25H,2,15H2,1H3,(H,34,37)/t23-,24+,25-/m0/s1. The van der Waals surface area contributed by atoms with Gasteiger partial charge in [0.2, 0.25) is 17.7 Å². The predicted molar refractivity (Wildman–Crippen MR) is 168 cm³/mol. The molecule has 1 N–H and O–H groups in total. The lowest BCUT2D eigenvalue weighted by Crippen LogP contribution is -2.33. The number of nitrogens with zero attached hydrogens (tertiary/aromatic N) is 2. The first kappa shape index (κ1) is 30.0. The molecule has 4 aromatic rings. The van der Waals surface area contributed by atoms with Crippen molar-refractivity contribution in [1.29, 1.82) is 0 Å². The highest BCUT2D eigenvalue weighted by atomic mass is 79.9. The fourth-order valence-corrected chi connectivity index (χ4v) is 8.41. The van der Waals surface area contributed by atoms with Crippen molar-refractivity contribution < 1.29 is 28.3 Å². The second-order valence-corrected chi connectivity index (χ2v) is 13.1. The Morgan fingerprint density at radius 3 is 2.30 bits per heavy atom. The number of amides is 3. The van der Waals surface area contributed by atoms with Crippen LogP contribution in [0.25, 0.3) is 0 Å². The number of benzene rings is 3. The molecule has 44 heavy (non-hydrogen) atoms. The molecule has 3 aromatic carbocycles. The second-order valence-electron chi connectivity index (χ2n) is 10.1. The summed E-state index contributed by atoms with van der Waals surface area (Å²) in [6.45, 7) is 1.60. The molecule has 2 aliphatic rings. The van der Waals surface area contributed by atoms with Crippen molar-refractivity contribution in [1.82, 2.24) is 4.57 Å².